The Bertz CT molecular complexity index is 411. The lowest BCUT2D eigenvalue weighted by atomic mass is 9.80. The molecule has 0 unspecified atom stereocenters. The highest BCUT2D eigenvalue weighted by molar-refractivity contribution is 5.91. The van der Waals surface area contributed by atoms with E-state index in [-0.39, 0.29) is 12.0 Å². The van der Waals surface area contributed by atoms with Crippen molar-refractivity contribution < 1.29 is 9.53 Å². The van der Waals surface area contributed by atoms with Crippen molar-refractivity contribution in [1.82, 2.24) is 0 Å². The van der Waals surface area contributed by atoms with Gasteiger partial charge in [0.05, 0.1) is 12.7 Å². The van der Waals surface area contributed by atoms with E-state index in [0.29, 0.717) is 11.5 Å². The van der Waals surface area contributed by atoms with Gasteiger partial charge in [-0.1, -0.05) is 37.5 Å². The first-order chi connectivity index (χ1) is 8.74. The third-order valence-electron chi connectivity index (χ3n) is 3.88. The number of methoxy groups -OCH3 is 1. The van der Waals surface area contributed by atoms with Gasteiger partial charge in [0, 0.05) is 6.04 Å². The highest BCUT2D eigenvalue weighted by Gasteiger charge is 2.25. The normalized spacial score (nSPS) is 18.3. The number of esters is 1. The molecule has 1 aromatic carbocycles. The Kier molecular flexibility index (Phi) is 4.37. The maximum Gasteiger partial charge on any atom is 0.338 e. The first-order valence-corrected chi connectivity index (χ1v) is 6.67. The van der Waals surface area contributed by atoms with E-state index in [0.717, 1.165) is 18.4 Å². The molecule has 0 radical (unpaired) electrons. The van der Waals surface area contributed by atoms with E-state index < -0.39 is 0 Å². The average Bonchev–Trinajstić information content (AvgIpc) is 2.46. The van der Waals surface area contributed by atoms with Crippen LogP contribution >= 0.6 is 0 Å². The quantitative estimate of drug-likeness (QED) is 0.835. The molecule has 98 valence electrons. The molecule has 3 heteroatoms. The summed E-state index contributed by atoms with van der Waals surface area (Å²) in [6, 6.07) is 7.48. The van der Waals surface area contributed by atoms with Gasteiger partial charge in [0.2, 0.25) is 0 Å². The molecule has 0 aliphatic heterocycles. The highest BCUT2D eigenvalue weighted by Crippen LogP contribution is 2.34. The zero-order valence-corrected chi connectivity index (χ0v) is 10.9. The SMILES string of the molecule is COC(=O)c1ccccc1[C@H](N)C1CCCCC1. The van der Waals surface area contributed by atoms with E-state index in [4.69, 9.17) is 10.5 Å². The summed E-state index contributed by atoms with van der Waals surface area (Å²) in [6.45, 7) is 0. The largest absolute Gasteiger partial charge is 0.465 e. The summed E-state index contributed by atoms with van der Waals surface area (Å²) < 4.78 is 4.82. The van der Waals surface area contributed by atoms with Gasteiger partial charge < -0.3 is 10.5 Å². The molecule has 0 heterocycles. The Balaban J connectivity index is 2.23. The second kappa shape index (κ2) is 6.01. The van der Waals surface area contributed by atoms with Crippen molar-refractivity contribution in [2.24, 2.45) is 11.7 Å². The van der Waals surface area contributed by atoms with Crippen LogP contribution in [0.4, 0.5) is 0 Å². The minimum Gasteiger partial charge on any atom is -0.465 e. The lowest BCUT2D eigenvalue weighted by Gasteiger charge is -2.28. The average molecular weight is 247 g/mol. The number of benzene rings is 1. The molecule has 0 spiro atoms. The van der Waals surface area contributed by atoms with Crippen LogP contribution in [0.3, 0.4) is 0 Å². The summed E-state index contributed by atoms with van der Waals surface area (Å²) in [5, 5.41) is 0. The van der Waals surface area contributed by atoms with Crippen molar-refractivity contribution >= 4 is 5.97 Å². The minimum atomic E-state index is -0.295. The predicted molar refractivity (Wildman–Crippen MR) is 71.3 cm³/mol. The van der Waals surface area contributed by atoms with Gasteiger partial charge in [0.1, 0.15) is 0 Å². The number of rotatable bonds is 3. The summed E-state index contributed by atoms with van der Waals surface area (Å²) in [5.41, 5.74) is 7.89. The Labute approximate surface area is 108 Å². The molecule has 1 fully saturated rings. The van der Waals surface area contributed by atoms with E-state index in [9.17, 15) is 4.79 Å². The van der Waals surface area contributed by atoms with E-state index >= 15 is 0 Å². The zero-order valence-electron chi connectivity index (χ0n) is 10.9. The van der Waals surface area contributed by atoms with Crippen LogP contribution in [0.25, 0.3) is 0 Å². The van der Waals surface area contributed by atoms with Crippen molar-refractivity contribution in [2.45, 2.75) is 38.1 Å². The van der Waals surface area contributed by atoms with Crippen LogP contribution < -0.4 is 5.73 Å². The summed E-state index contributed by atoms with van der Waals surface area (Å²) >= 11 is 0. The van der Waals surface area contributed by atoms with Crippen LogP contribution in [-0.2, 0) is 4.74 Å². The van der Waals surface area contributed by atoms with E-state index in [1.807, 2.05) is 18.2 Å². The number of nitrogens with two attached hydrogens (primary N) is 1. The number of hydrogen-bond acceptors (Lipinski definition) is 3. The van der Waals surface area contributed by atoms with Gasteiger partial charge in [-0.2, -0.15) is 0 Å². The molecule has 1 saturated carbocycles. The van der Waals surface area contributed by atoms with E-state index in [2.05, 4.69) is 0 Å². The van der Waals surface area contributed by atoms with Gasteiger partial charge in [0.15, 0.2) is 0 Å². The zero-order chi connectivity index (χ0) is 13.0. The number of hydrogen-bond donors (Lipinski definition) is 1. The molecule has 1 atom stereocenters. The van der Waals surface area contributed by atoms with Gasteiger partial charge in [0.25, 0.3) is 0 Å². The molecule has 2 N–H and O–H groups in total. The van der Waals surface area contributed by atoms with Crippen LogP contribution in [-0.4, -0.2) is 13.1 Å². The van der Waals surface area contributed by atoms with Crippen molar-refractivity contribution in [2.75, 3.05) is 7.11 Å². The second-order valence-corrected chi connectivity index (χ2v) is 5.00. The third-order valence-corrected chi connectivity index (χ3v) is 3.88. The standard InChI is InChI=1S/C15H21NO2/c1-18-15(17)13-10-6-5-9-12(13)14(16)11-7-3-2-4-8-11/h5-6,9-11,14H,2-4,7-8,16H2,1H3/t14-/m1/s1. The lowest BCUT2D eigenvalue weighted by Crippen LogP contribution is -2.25. The summed E-state index contributed by atoms with van der Waals surface area (Å²) in [4.78, 5) is 11.7. The monoisotopic (exact) mass is 247 g/mol. The summed E-state index contributed by atoms with van der Waals surface area (Å²) in [5.74, 6) is 0.196. The molecule has 3 nitrogen and oxygen atoms in total. The number of ether oxygens (including phenoxy) is 1. The second-order valence-electron chi connectivity index (χ2n) is 5.00. The van der Waals surface area contributed by atoms with Crippen molar-refractivity contribution in [3.8, 4) is 0 Å². The Morgan fingerprint density at radius 1 is 1.28 bits per heavy atom. The van der Waals surface area contributed by atoms with Gasteiger partial charge in [-0.05, 0) is 30.4 Å². The van der Waals surface area contributed by atoms with Crippen LogP contribution in [0.15, 0.2) is 24.3 Å². The van der Waals surface area contributed by atoms with Crippen LogP contribution in [0.1, 0.15) is 54.1 Å². The maximum atomic E-state index is 11.7. The lowest BCUT2D eigenvalue weighted by molar-refractivity contribution is 0.0598. The minimum absolute atomic E-state index is 0.0550. The molecule has 0 aromatic heterocycles. The fraction of sp³-hybridized carbons (Fsp3) is 0.533. The van der Waals surface area contributed by atoms with Gasteiger partial charge >= 0.3 is 5.97 Å². The third kappa shape index (κ3) is 2.72. The molecule has 1 aromatic rings. The van der Waals surface area contributed by atoms with Crippen LogP contribution in [0.5, 0.6) is 0 Å². The Morgan fingerprint density at radius 2 is 1.94 bits per heavy atom. The van der Waals surface area contributed by atoms with Gasteiger partial charge in [-0.25, -0.2) is 4.79 Å². The van der Waals surface area contributed by atoms with E-state index in [1.54, 1.807) is 6.07 Å². The van der Waals surface area contributed by atoms with Crippen molar-refractivity contribution in [3.63, 3.8) is 0 Å². The van der Waals surface area contributed by atoms with Gasteiger partial charge in [-0.15, -0.1) is 0 Å². The molecule has 18 heavy (non-hydrogen) atoms. The Morgan fingerprint density at radius 3 is 2.61 bits per heavy atom. The molecular weight excluding hydrogens is 226 g/mol. The topological polar surface area (TPSA) is 52.3 Å². The first kappa shape index (κ1) is 13.1. The molecular formula is C15H21NO2. The van der Waals surface area contributed by atoms with Gasteiger partial charge in [-0.3, -0.25) is 0 Å². The number of carbonyl (C=O) groups excluding carboxylic acids is 1. The van der Waals surface area contributed by atoms with Crippen LogP contribution in [0, 0.1) is 5.92 Å². The van der Waals surface area contributed by atoms with E-state index in [1.165, 1.54) is 26.4 Å². The smallest absolute Gasteiger partial charge is 0.338 e. The fourth-order valence-electron chi connectivity index (χ4n) is 2.83. The molecule has 0 bridgehead atoms. The summed E-state index contributed by atoms with van der Waals surface area (Å²) in [7, 11) is 1.41. The van der Waals surface area contributed by atoms with Crippen molar-refractivity contribution in [3.05, 3.63) is 35.4 Å². The Hall–Kier alpha value is -1.35. The molecule has 1 aliphatic carbocycles. The molecule has 2 rings (SSSR count). The fourth-order valence-corrected chi connectivity index (χ4v) is 2.83. The molecule has 0 saturated heterocycles. The van der Waals surface area contributed by atoms with Crippen molar-refractivity contribution in [1.29, 1.82) is 0 Å². The first-order valence-electron chi connectivity index (χ1n) is 6.67. The van der Waals surface area contributed by atoms with Crippen LogP contribution in [0.2, 0.25) is 0 Å². The number of carbonyl (C=O) groups is 1. The molecule has 0 amide bonds. The molecule has 1 aliphatic rings. The predicted octanol–water partition coefficient (Wildman–Crippen LogP) is 3.05. The maximum absolute atomic E-state index is 11.7. The summed E-state index contributed by atoms with van der Waals surface area (Å²) in [6.07, 6.45) is 6.13. The highest BCUT2D eigenvalue weighted by atomic mass is 16.5.